The van der Waals surface area contributed by atoms with Gasteiger partial charge in [0.05, 0.1) is 11.1 Å². The molecule has 0 saturated heterocycles. The first-order valence-corrected chi connectivity index (χ1v) is 16.3. The SMILES string of the molecule is O=C(N=C(NC(=O)OCc1ccccc1)N(CCCN(C(=O)Cl)N1C(=O)c2ccccc2C1=O)C(=O)OCc1ccccc1)OCc1ccccc1. The number of hydrogen-bond acceptors (Lipinski definition) is 9. The number of ether oxygens (including phenoxy) is 3. The zero-order chi connectivity index (χ0) is 36.9. The Balaban J connectivity index is 1.38. The van der Waals surface area contributed by atoms with Crippen LogP contribution >= 0.6 is 11.6 Å². The lowest BCUT2D eigenvalue weighted by atomic mass is 10.1. The highest BCUT2D eigenvalue weighted by Crippen LogP contribution is 2.25. The van der Waals surface area contributed by atoms with Gasteiger partial charge in [0.1, 0.15) is 19.8 Å². The van der Waals surface area contributed by atoms with Crippen LogP contribution in [-0.2, 0) is 34.0 Å². The number of hydrogen-bond donors (Lipinski definition) is 1. The zero-order valence-corrected chi connectivity index (χ0v) is 28.3. The predicted molar refractivity (Wildman–Crippen MR) is 187 cm³/mol. The number of nitrogens with zero attached hydrogens (tertiary/aromatic N) is 4. The molecule has 1 N–H and O–H groups in total. The molecule has 0 radical (unpaired) electrons. The maximum atomic E-state index is 13.7. The van der Waals surface area contributed by atoms with Gasteiger partial charge < -0.3 is 14.2 Å². The molecule has 5 rings (SSSR count). The van der Waals surface area contributed by atoms with Crippen molar-refractivity contribution in [3.8, 4) is 0 Å². The van der Waals surface area contributed by atoms with E-state index in [2.05, 4.69) is 10.3 Å². The van der Waals surface area contributed by atoms with E-state index in [0.29, 0.717) is 21.7 Å². The second kappa shape index (κ2) is 17.9. The summed E-state index contributed by atoms with van der Waals surface area (Å²) in [7, 11) is 0. The summed E-state index contributed by atoms with van der Waals surface area (Å²) in [5, 5.41) is 2.53. The first kappa shape index (κ1) is 36.7. The minimum Gasteiger partial charge on any atom is -0.444 e. The van der Waals surface area contributed by atoms with E-state index < -0.39 is 41.4 Å². The molecule has 1 aliphatic rings. The van der Waals surface area contributed by atoms with E-state index >= 15 is 0 Å². The van der Waals surface area contributed by atoms with Crippen molar-refractivity contribution in [1.29, 1.82) is 0 Å². The summed E-state index contributed by atoms with van der Waals surface area (Å²) >= 11 is 5.84. The topological polar surface area (TPSA) is 164 Å². The van der Waals surface area contributed by atoms with Gasteiger partial charge in [-0.2, -0.15) is 5.01 Å². The molecule has 1 aliphatic heterocycles. The first-order valence-electron chi connectivity index (χ1n) is 15.9. The number of rotatable bonds is 11. The zero-order valence-electron chi connectivity index (χ0n) is 27.6. The van der Waals surface area contributed by atoms with Gasteiger partial charge in [-0.25, -0.2) is 24.3 Å². The second-order valence-electron chi connectivity index (χ2n) is 11.1. The lowest BCUT2D eigenvalue weighted by Crippen LogP contribution is -2.51. The number of halogens is 1. The molecular weight excluding hydrogens is 694 g/mol. The third kappa shape index (κ3) is 9.79. The van der Waals surface area contributed by atoms with Crippen LogP contribution in [0.25, 0.3) is 0 Å². The molecule has 0 spiro atoms. The Morgan fingerprint density at radius 2 is 1.10 bits per heavy atom. The molecule has 266 valence electrons. The second-order valence-corrected chi connectivity index (χ2v) is 11.4. The van der Waals surface area contributed by atoms with Gasteiger partial charge in [-0.3, -0.25) is 19.7 Å². The summed E-state index contributed by atoms with van der Waals surface area (Å²) in [6.07, 6.45) is -3.44. The number of imide groups is 1. The van der Waals surface area contributed by atoms with Crippen molar-refractivity contribution >= 4 is 53.0 Å². The molecule has 0 aliphatic carbocycles. The lowest BCUT2D eigenvalue weighted by Gasteiger charge is -2.29. The summed E-state index contributed by atoms with van der Waals surface area (Å²) in [5.74, 6) is -2.14. The standard InChI is InChI=1S/C37H32ClN5O9/c38-33(46)42(43-31(44)29-19-10-11-20-30(29)32(43)45)22-12-21-41(37(49)52-25-28-17-8-3-9-18-28)34(39-35(47)50-23-26-13-4-1-5-14-26)40-36(48)51-24-27-15-6-2-7-16-27/h1-11,13-20H,12,21-25H2,(H,39,40,47,48). The number of alkyl carbamates (subject to hydrolysis) is 1. The van der Waals surface area contributed by atoms with Crippen LogP contribution in [0.3, 0.4) is 0 Å². The number of guanidine groups is 1. The van der Waals surface area contributed by atoms with Crippen LogP contribution in [-0.4, -0.2) is 69.4 Å². The highest BCUT2D eigenvalue weighted by atomic mass is 35.5. The molecule has 52 heavy (non-hydrogen) atoms. The number of carbonyl (C=O) groups is 6. The Kier molecular flexibility index (Phi) is 12.7. The number of hydrazine groups is 1. The number of aliphatic imine (C=N–C) groups is 1. The van der Waals surface area contributed by atoms with E-state index in [-0.39, 0.29) is 50.5 Å². The van der Waals surface area contributed by atoms with Crippen LogP contribution in [0.2, 0.25) is 0 Å². The molecule has 4 aromatic carbocycles. The molecule has 1 heterocycles. The molecule has 0 aromatic heterocycles. The van der Waals surface area contributed by atoms with Crippen LogP contribution in [0.5, 0.6) is 0 Å². The summed E-state index contributed by atoms with van der Waals surface area (Å²) < 4.78 is 16.1. The monoisotopic (exact) mass is 725 g/mol. The van der Waals surface area contributed by atoms with Gasteiger partial charge in [0.15, 0.2) is 0 Å². The minimum atomic E-state index is -1.16. The van der Waals surface area contributed by atoms with Crippen LogP contribution < -0.4 is 5.32 Å². The van der Waals surface area contributed by atoms with Gasteiger partial charge in [-0.05, 0) is 46.8 Å². The normalized spacial score (nSPS) is 12.1. The van der Waals surface area contributed by atoms with E-state index in [1.54, 1.807) is 103 Å². The fraction of sp³-hybridized carbons (Fsp3) is 0.162. The smallest absolute Gasteiger partial charge is 0.437 e. The summed E-state index contributed by atoms with van der Waals surface area (Å²) in [6, 6.07) is 32.3. The average molecular weight is 726 g/mol. The van der Waals surface area contributed by atoms with E-state index in [0.717, 1.165) is 9.91 Å². The average Bonchev–Trinajstić information content (AvgIpc) is 3.41. The van der Waals surface area contributed by atoms with Gasteiger partial charge in [-0.15, -0.1) is 4.99 Å². The van der Waals surface area contributed by atoms with Crippen molar-refractivity contribution in [3.05, 3.63) is 143 Å². The third-order valence-corrected chi connectivity index (χ3v) is 7.67. The maximum Gasteiger partial charge on any atom is 0.437 e. The Hall–Kier alpha value is -6.54. The van der Waals surface area contributed by atoms with Crippen LogP contribution in [0.4, 0.5) is 19.2 Å². The van der Waals surface area contributed by atoms with Crippen LogP contribution in [0.1, 0.15) is 43.8 Å². The molecule has 6 amide bonds. The van der Waals surface area contributed by atoms with E-state index in [1.165, 1.54) is 12.1 Å². The molecule has 0 bridgehead atoms. The molecule has 0 unspecified atom stereocenters. The Morgan fingerprint density at radius 3 is 1.60 bits per heavy atom. The van der Waals surface area contributed by atoms with E-state index in [1.807, 2.05) is 0 Å². The molecule has 15 heteroatoms. The Labute approximate surface area is 303 Å². The quantitative estimate of drug-likeness (QED) is 0.0454. The van der Waals surface area contributed by atoms with Crippen LogP contribution in [0, 0.1) is 0 Å². The van der Waals surface area contributed by atoms with Crippen molar-refractivity contribution in [1.82, 2.24) is 20.2 Å². The van der Waals surface area contributed by atoms with Gasteiger partial charge in [0.25, 0.3) is 11.8 Å². The molecule has 4 aromatic rings. The lowest BCUT2D eigenvalue weighted by molar-refractivity contribution is 0.0216. The number of benzene rings is 4. The Morgan fingerprint density at radius 1 is 0.635 bits per heavy atom. The molecule has 0 saturated carbocycles. The third-order valence-electron chi connectivity index (χ3n) is 7.48. The number of fused-ring (bicyclic) bond motifs is 1. The fourth-order valence-electron chi connectivity index (χ4n) is 4.97. The van der Waals surface area contributed by atoms with Gasteiger partial charge in [-0.1, -0.05) is 103 Å². The number of carbonyl (C=O) groups excluding carboxylic acids is 6. The van der Waals surface area contributed by atoms with Gasteiger partial charge in [0.2, 0.25) is 5.96 Å². The van der Waals surface area contributed by atoms with E-state index in [9.17, 15) is 28.8 Å². The maximum absolute atomic E-state index is 13.7. The minimum absolute atomic E-state index is 0.0863. The summed E-state index contributed by atoms with van der Waals surface area (Å²) in [5.41, 5.74) is 2.13. The Bertz CT molecular complexity index is 1910. The van der Waals surface area contributed by atoms with E-state index in [4.69, 9.17) is 25.8 Å². The molecular formula is C37H32ClN5O9. The molecule has 14 nitrogen and oxygen atoms in total. The van der Waals surface area contributed by atoms with Crippen molar-refractivity contribution in [2.45, 2.75) is 26.2 Å². The fourth-order valence-corrected chi connectivity index (χ4v) is 5.13. The first-order chi connectivity index (χ1) is 25.2. The predicted octanol–water partition coefficient (Wildman–Crippen LogP) is 6.51. The van der Waals surface area contributed by atoms with Gasteiger partial charge in [0, 0.05) is 13.1 Å². The summed E-state index contributed by atoms with van der Waals surface area (Å²) in [4.78, 5) is 83.1. The molecule has 0 atom stereocenters. The largest absolute Gasteiger partial charge is 0.444 e. The summed E-state index contributed by atoms with van der Waals surface area (Å²) in [6.45, 7) is -1.24. The van der Waals surface area contributed by atoms with Crippen molar-refractivity contribution in [2.24, 2.45) is 4.99 Å². The molecule has 0 fully saturated rings. The highest BCUT2D eigenvalue weighted by Gasteiger charge is 2.41. The van der Waals surface area contributed by atoms with Crippen molar-refractivity contribution < 1.29 is 43.0 Å². The highest BCUT2D eigenvalue weighted by molar-refractivity contribution is 6.63. The number of amides is 6. The van der Waals surface area contributed by atoms with Crippen LogP contribution in [0.15, 0.2) is 120 Å². The number of nitrogens with one attached hydrogen (secondary N) is 1. The van der Waals surface area contributed by atoms with Crippen molar-refractivity contribution in [3.63, 3.8) is 0 Å². The van der Waals surface area contributed by atoms with Crippen molar-refractivity contribution in [2.75, 3.05) is 13.1 Å². The van der Waals surface area contributed by atoms with Gasteiger partial charge >= 0.3 is 23.6 Å².